The first-order valence-corrected chi connectivity index (χ1v) is 3.71. The van der Waals surface area contributed by atoms with E-state index in [1.54, 1.807) is 0 Å². The van der Waals surface area contributed by atoms with Crippen LogP contribution in [-0.4, -0.2) is 10.1 Å². The zero-order valence-electron chi connectivity index (χ0n) is 6.97. The highest BCUT2D eigenvalue weighted by Gasteiger charge is 2.23. The minimum Gasteiger partial charge on any atom is -0.342 e. The molecule has 0 saturated carbocycles. The van der Waals surface area contributed by atoms with Crippen LogP contribution in [0.5, 0.6) is 0 Å². The molecule has 0 spiro atoms. The molecule has 15 heavy (non-hydrogen) atoms. The maximum atomic E-state index is 13.1. The molecule has 2 aromatic rings. The van der Waals surface area contributed by atoms with Gasteiger partial charge in [-0.25, -0.2) is 17.6 Å². The molecular weight excluding hydrogens is 216 g/mol. The number of hydrogen-bond donors (Lipinski definition) is 0. The van der Waals surface area contributed by atoms with Gasteiger partial charge in [-0.05, 0) is 0 Å². The van der Waals surface area contributed by atoms with E-state index in [-0.39, 0.29) is 6.07 Å². The van der Waals surface area contributed by atoms with Crippen LogP contribution < -0.4 is 0 Å². The SMILES string of the molecule is Fc1cc(F)c(F)c(-c2ncon2)c1F. The second-order valence-electron chi connectivity index (χ2n) is 2.60. The lowest BCUT2D eigenvalue weighted by molar-refractivity contribution is 0.416. The fraction of sp³-hybridized carbons (Fsp3) is 0. The van der Waals surface area contributed by atoms with Gasteiger partial charge in [-0.2, -0.15) is 4.98 Å². The van der Waals surface area contributed by atoms with Crippen molar-refractivity contribution in [1.29, 1.82) is 0 Å². The summed E-state index contributed by atoms with van der Waals surface area (Å²) in [6.45, 7) is 0. The summed E-state index contributed by atoms with van der Waals surface area (Å²) in [5, 5.41) is 3.09. The van der Waals surface area contributed by atoms with Crippen molar-refractivity contribution in [2.75, 3.05) is 0 Å². The predicted molar refractivity (Wildman–Crippen MR) is 39.6 cm³/mol. The molecule has 0 atom stereocenters. The van der Waals surface area contributed by atoms with Crippen LogP contribution in [0.3, 0.4) is 0 Å². The summed E-state index contributed by atoms with van der Waals surface area (Å²) in [6, 6.07) is 0.105. The monoisotopic (exact) mass is 218 g/mol. The lowest BCUT2D eigenvalue weighted by atomic mass is 10.1. The molecule has 1 aromatic heterocycles. The first-order chi connectivity index (χ1) is 7.11. The van der Waals surface area contributed by atoms with Crippen molar-refractivity contribution < 1.29 is 22.1 Å². The minimum atomic E-state index is -1.56. The number of benzene rings is 1. The fourth-order valence-electron chi connectivity index (χ4n) is 1.05. The molecule has 0 unspecified atom stereocenters. The van der Waals surface area contributed by atoms with Crippen LogP contribution in [0.2, 0.25) is 0 Å². The third kappa shape index (κ3) is 1.45. The van der Waals surface area contributed by atoms with Gasteiger partial charge in [-0.1, -0.05) is 5.16 Å². The molecule has 0 fully saturated rings. The molecule has 1 aromatic carbocycles. The highest BCUT2D eigenvalue weighted by molar-refractivity contribution is 5.56. The van der Waals surface area contributed by atoms with Gasteiger partial charge in [-0.3, -0.25) is 0 Å². The van der Waals surface area contributed by atoms with E-state index >= 15 is 0 Å². The van der Waals surface area contributed by atoms with Crippen LogP contribution in [0.25, 0.3) is 11.4 Å². The molecule has 3 nitrogen and oxygen atoms in total. The van der Waals surface area contributed by atoms with E-state index in [4.69, 9.17) is 0 Å². The lowest BCUT2D eigenvalue weighted by Gasteiger charge is -2.01. The lowest BCUT2D eigenvalue weighted by Crippen LogP contribution is -1.99. The summed E-state index contributed by atoms with van der Waals surface area (Å²) < 4.78 is 55.9. The van der Waals surface area contributed by atoms with Crippen LogP contribution in [0.1, 0.15) is 0 Å². The molecule has 2 rings (SSSR count). The summed E-state index contributed by atoms with van der Waals surface area (Å²) in [7, 11) is 0. The van der Waals surface area contributed by atoms with Crippen LogP contribution in [0.4, 0.5) is 17.6 Å². The molecular formula is C8H2F4N2O. The topological polar surface area (TPSA) is 38.9 Å². The zero-order chi connectivity index (χ0) is 11.0. The normalized spacial score (nSPS) is 10.7. The van der Waals surface area contributed by atoms with Gasteiger partial charge in [0.1, 0.15) is 5.56 Å². The van der Waals surface area contributed by atoms with Gasteiger partial charge < -0.3 is 4.52 Å². The molecule has 0 amide bonds. The van der Waals surface area contributed by atoms with E-state index < -0.39 is 34.7 Å². The van der Waals surface area contributed by atoms with Crippen LogP contribution in [0.15, 0.2) is 17.0 Å². The van der Waals surface area contributed by atoms with E-state index in [1.807, 2.05) is 0 Å². The van der Waals surface area contributed by atoms with E-state index in [9.17, 15) is 17.6 Å². The molecule has 0 N–H and O–H groups in total. The standard InChI is InChI=1S/C8H2F4N2O/c9-3-1-4(10)7(12)5(6(3)11)8-13-2-15-14-8/h1-2H. The third-order valence-electron chi connectivity index (χ3n) is 1.70. The van der Waals surface area contributed by atoms with Gasteiger partial charge in [0.25, 0.3) is 0 Å². The fourth-order valence-corrected chi connectivity index (χ4v) is 1.05. The van der Waals surface area contributed by atoms with E-state index in [2.05, 4.69) is 14.7 Å². The summed E-state index contributed by atoms with van der Waals surface area (Å²) in [5.41, 5.74) is -0.985. The molecule has 0 saturated heterocycles. The van der Waals surface area contributed by atoms with Gasteiger partial charge in [0.05, 0.1) is 0 Å². The molecule has 78 valence electrons. The molecule has 0 bridgehead atoms. The van der Waals surface area contributed by atoms with E-state index in [0.717, 1.165) is 6.39 Å². The van der Waals surface area contributed by atoms with Crippen molar-refractivity contribution in [3.8, 4) is 11.4 Å². The number of hydrogen-bond acceptors (Lipinski definition) is 3. The van der Waals surface area contributed by atoms with Gasteiger partial charge >= 0.3 is 0 Å². The average molecular weight is 218 g/mol. The quantitative estimate of drug-likeness (QED) is 0.544. The summed E-state index contributed by atoms with van der Waals surface area (Å²) in [6.07, 6.45) is 0.789. The van der Waals surface area contributed by atoms with Crippen molar-refractivity contribution in [3.05, 3.63) is 35.7 Å². The van der Waals surface area contributed by atoms with Crippen molar-refractivity contribution in [1.82, 2.24) is 10.1 Å². The van der Waals surface area contributed by atoms with Gasteiger partial charge in [0.15, 0.2) is 23.3 Å². The first-order valence-electron chi connectivity index (χ1n) is 3.71. The van der Waals surface area contributed by atoms with Gasteiger partial charge in [0, 0.05) is 6.07 Å². The van der Waals surface area contributed by atoms with Gasteiger partial charge in [0.2, 0.25) is 12.2 Å². The van der Waals surface area contributed by atoms with Crippen molar-refractivity contribution in [3.63, 3.8) is 0 Å². The number of rotatable bonds is 1. The van der Waals surface area contributed by atoms with Gasteiger partial charge in [-0.15, -0.1) is 0 Å². The molecule has 7 heteroatoms. The Morgan fingerprint density at radius 3 is 2.07 bits per heavy atom. The molecule has 0 aliphatic rings. The number of aromatic nitrogens is 2. The second kappa shape index (κ2) is 3.34. The van der Waals surface area contributed by atoms with Crippen LogP contribution in [-0.2, 0) is 0 Å². The first kappa shape index (κ1) is 9.63. The minimum absolute atomic E-state index is 0.105. The maximum Gasteiger partial charge on any atom is 0.214 e. The Bertz CT molecular complexity index is 472. The maximum absolute atomic E-state index is 13.1. The third-order valence-corrected chi connectivity index (χ3v) is 1.70. The summed E-state index contributed by atoms with van der Waals surface area (Å²) in [4.78, 5) is 3.30. The second-order valence-corrected chi connectivity index (χ2v) is 2.60. The van der Waals surface area contributed by atoms with Crippen molar-refractivity contribution >= 4 is 0 Å². The Hall–Kier alpha value is -1.92. The van der Waals surface area contributed by atoms with Crippen LogP contribution >= 0.6 is 0 Å². The smallest absolute Gasteiger partial charge is 0.214 e. The predicted octanol–water partition coefficient (Wildman–Crippen LogP) is 2.29. The Kier molecular flexibility index (Phi) is 2.14. The highest BCUT2D eigenvalue weighted by atomic mass is 19.2. The Morgan fingerprint density at radius 1 is 1.00 bits per heavy atom. The van der Waals surface area contributed by atoms with Crippen molar-refractivity contribution in [2.24, 2.45) is 0 Å². The largest absolute Gasteiger partial charge is 0.342 e. The van der Waals surface area contributed by atoms with Crippen molar-refractivity contribution in [2.45, 2.75) is 0 Å². The molecule has 0 aliphatic carbocycles. The molecule has 0 aliphatic heterocycles. The van der Waals surface area contributed by atoms with E-state index in [0.29, 0.717) is 0 Å². The zero-order valence-corrected chi connectivity index (χ0v) is 6.97. The highest BCUT2D eigenvalue weighted by Crippen LogP contribution is 2.26. The molecule has 1 heterocycles. The summed E-state index contributed by atoms with van der Waals surface area (Å²) in [5.74, 6) is -6.71. The summed E-state index contributed by atoms with van der Waals surface area (Å²) >= 11 is 0. The van der Waals surface area contributed by atoms with Crippen LogP contribution in [0, 0.1) is 23.3 Å². The number of halogens is 4. The Labute approximate surface area is 80.3 Å². The average Bonchev–Trinajstić information content (AvgIpc) is 2.69. The van der Waals surface area contributed by atoms with E-state index in [1.165, 1.54) is 0 Å². The number of nitrogens with zero attached hydrogens (tertiary/aromatic N) is 2. The molecule has 0 radical (unpaired) electrons. The Balaban J connectivity index is 2.75. The Morgan fingerprint density at radius 2 is 1.60 bits per heavy atom.